The third-order valence-corrected chi connectivity index (χ3v) is 4.44. The zero-order valence-electron chi connectivity index (χ0n) is 16.8. The van der Waals surface area contributed by atoms with Crippen molar-refractivity contribution >= 4 is 23.2 Å². The van der Waals surface area contributed by atoms with Crippen molar-refractivity contribution in [3.8, 4) is 0 Å². The van der Waals surface area contributed by atoms with Crippen LogP contribution in [0.15, 0.2) is 18.2 Å². The molecule has 1 aliphatic heterocycles. The largest absolute Gasteiger partial charge is 0.401 e. The van der Waals surface area contributed by atoms with E-state index in [1.54, 1.807) is 13.8 Å². The van der Waals surface area contributed by atoms with Gasteiger partial charge in [0.15, 0.2) is 0 Å². The van der Waals surface area contributed by atoms with Crippen molar-refractivity contribution in [1.82, 2.24) is 4.90 Å². The van der Waals surface area contributed by atoms with Gasteiger partial charge in [0.25, 0.3) is 5.91 Å². The summed E-state index contributed by atoms with van der Waals surface area (Å²) in [5.74, 6) is -2.03. The molecule has 1 heterocycles. The standard InChI is InChI=1S/C19H26F4N4O3/c1-12(2)9-26(11-19(21,22)23)16(8-24)18(29)25-13-3-4-15(14(20)7-13)27-5-6-30-10-17(27)28/h3-4,7,12,16H,5-6,8-11,24H2,1-2H3,(H,25,29)/t16-/m1/s1. The average Bonchev–Trinajstić information content (AvgIpc) is 2.61. The number of benzene rings is 1. The number of carbonyl (C=O) groups excluding carboxylic acids is 2. The number of hydrogen-bond acceptors (Lipinski definition) is 5. The number of alkyl halides is 3. The summed E-state index contributed by atoms with van der Waals surface area (Å²) in [7, 11) is 0. The van der Waals surface area contributed by atoms with Gasteiger partial charge in [-0.3, -0.25) is 14.5 Å². The Bertz CT molecular complexity index is 758. The minimum absolute atomic E-state index is 0.0151. The molecule has 1 aromatic carbocycles. The van der Waals surface area contributed by atoms with E-state index in [4.69, 9.17) is 10.5 Å². The minimum Gasteiger partial charge on any atom is -0.370 e. The van der Waals surface area contributed by atoms with Gasteiger partial charge in [-0.05, 0) is 24.1 Å². The van der Waals surface area contributed by atoms with Crippen LogP contribution in [0, 0.1) is 11.7 Å². The molecule has 0 unspecified atom stereocenters. The number of nitrogens with two attached hydrogens (primary N) is 1. The SMILES string of the molecule is CC(C)CN(CC(F)(F)F)[C@H](CN)C(=O)Nc1ccc(N2CCOCC2=O)c(F)c1. The fourth-order valence-corrected chi connectivity index (χ4v) is 3.23. The molecule has 1 aromatic rings. The van der Waals surface area contributed by atoms with Crippen LogP contribution in [0.3, 0.4) is 0 Å². The fourth-order valence-electron chi connectivity index (χ4n) is 3.23. The zero-order valence-corrected chi connectivity index (χ0v) is 16.8. The molecule has 2 rings (SSSR count). The lowest BCUT2D eigenvalue weighted by molar-refractivity contribution is -0.154. The zero-order chi connectivity index (χ0) is 22.5. The van der Waals surface area contributed by atoms with Crippen LogP contribution in [0.4, 0.5) is 28.9 Å². The Labute approximate surface area is 172 Å². The molecule has 1 aliphatic rings. The maximum atomic E-state index is 14.5. The number of morpholine rings is 1. The lowest BCUT2D eigenvalue weighted by atomic mass is 10.1. The highest BCUT2D eigenvalue weighted by Crippen LogP contribution is 2.25. The molecular formula is C19H26F4N4O3. The molecule has 0 aliphatic carbocycles. The van der Waals surface area contributed by atoms with Crippen molar-refractivity contribution in [2.45, 2.75) is 26.1 Å². The highest BCUT2D eigenvalue weighted by atomic mass is 19.4. The van der Waals surface area contributed by atoms with E-state index in [2.05, 4.69) is 5.32 Å². The third kappa shape index (κ3) is 6.64. The number of ether oxygens (including phenoxy) is 1. The Morgan fingerprint density at radius 1 is 1.37 bits per heavy atom. The van der Waals surface area contributed by atoms with E-state index in [0.717, 1.165) is 11.0 Å². The predicted octanol–water partition coefficient (Wildman–Crippen LogP) is 1.97. The molecule has 30 heavy (non-hydrogen) atoms. The van der Waals surface area contributed by atoms with Gasteiger partial charge < -0.3 is 20.7 Å². The van der Waals surface area contributed by atoms with Gasteiger partial charge in [0.2, 0.25) is 5.91 Å². The number of rotatable bonds is 8. The molecule has 7 nitrogen and oxygen atoms in total. The third-order valence-electron chi connectivity index (χ3n) is 4.44. The van der Waals surface area contributed by atoms with Crippen molar-refractivity contribution in [3.05, 3.63) is 24.0 Å². The smallest absolute Gasteiger partial charge is 0.370 e. The van der Waals surface area contributed by atoms with Crippen LogP contribution in [-0.2, 0) is 14.3 Å². The number of nitrogens with one attached hydrogen (secondary N) is 1. The van der Waals surface area contributed by atoms with Crippen LogP contribution in [0.25, 0.3) is 0 Å². The molecule has 1 atom stereocenters. The summed E-state index contributed by atoms with van der Waals surface area (Å²) in [6.45, 7) is 2.17. The Hall–Kier alpha value is -2.24. The van der Waals surface area contributed by atoms with Gasteiger partial charge in [-0.15, -0.1) is 0 Å². The van der Waals surface area contributed by atoms with E-state index < -0.39 is 36.4 Å². The van der Waals surface area contributed by atoms with E-state index in [-0.39, 0.29) is 50.1 Å². The summed E-state index contributed by atoms with van der Waals surface area (Å²) in [5.41, 5.74) is 5.68. The first-order valence-corrected chi connectivity index (χ1v) is 9.51. The maximum absolute atomic E-state index is 14.5. The Morgan fingerprint density at radius 3 is 2.60 bits per heavy atom. The van der Waals surface area contributed by atoms with Crippen molar-refractivity contribution in [2.24, 2.45) is 11.7 Å². The monoisotopic (exact) mass is 434 g/mol. The van der Waals surface area contributed by atoms with E-state index in [0.29, 0.717) is 0 Å². The van der Waals surface area contributed by atoms with Gasteiger partial charge in [-0.1, -0.05) is 13.8 Å². The normalized spacial score (nSPS) is 16.3. The molecule has 0 bridgehead atoms. The van der Waals surface area contributed by atoms with Gasteiger partial charge in [-0.25, -0.2) is 4.39 Å². The van der Waals surface area contributed by atoms with E-state index in [9.17, 15) is 27.2 Å². The molecule has 0 aromatic heterocycles. The number of halogens is 4. The molecule has 2 amide bonds. The second-order valence-electron chi connectivity index (χ2n) is 7.44. The van der Waals surface area contributed by atoms with Crippen LogP contribution < -0.4 is 16.0 Å². The van der Waals surface area contributed by atoms with Gasteiger partial charge >= 0.3 is 6.18 Å². The Morgan fingerprint density at radius 2 is 2.07 bits per heavy atom. The van der Waals surface area contributed by atoms with Gasteiger partial charge in [0, 0.05) is 25.3 Å². The molecule has 3 N–H and O–H groups in total. The summed E-state index contributed by atoms with van der Waals surface area (Å²) in [4.78, 5) is 26.7. The fraction of sp³-hybridized carbons (Fsp3) is 0.579. The van der Waals surface area contributed by atoms with Crippen LogP contribution >= 0.6 is 0 Å². The van der Waals surface area contributed by atoms with Crippen molar-refractivity contribution in [1.29, 1.82) is 0 Å². The second kappa shape index (κ2) is 10.2. The number of nitrogens with zero attached hydrogens (tertiary/aromatic N) is 2. The molecule has 11 heteroatoms. The number of anilines is 2. The predicted molar refractivity (Wildman–Crippen MR) is 104 cm³/mol. The highest BCUT2D eigenvalue weighted by Gasteiger charge is 2.36. The van der Waals surface area contributed by atoms with E-state index in [1.807, 2.05) is 0 Å². The van der Waals surface area contributed by atoms with Crippen molar-refractivity contribution in [2.75, 3.05) is 49.6 Å². The summed E-state index contributed by atoms with van der Waals surface area (Å²) in [5, 5.41) is 2.42. The number of hydrogen-bond donors (Lipinski definition) is 2. The van der Waals surface area contributed by atoms with Crippen LogP contribution in [-0.4, -0.2) is 68.3 Å². The van der Waals surface area contributed by atoms with Gasteiger partial charge in [-0.2, -0.15) is 13.2 Å². The molecule has 1 saturated heterocycles. The van der Waals surface area contributed by atoms with Crippen molar-refractivity contribution < 1.29 is 31.9 Å². The minimum atomic E-state index is -4.50. The molecule has 168 valence electrons. The lowest BCUT2D eigenvalue weighted by Crippen LogP contribution is -2.52. The summed E-state index contributed by atoms with van der Waals surface area (Å²) >= 11 is 0. The summed E-state index contributed by atoms with van der Waals surface area (Å²) < 4.78 is 58.4. The topological polar surface area (TPSA) is 87.9 Å². The van der Waals surface area contributed by atoms with Crippen LogP contribution in [0.1, 0.15) is 13.8 Å². The summed E-state index contributed by atoms with van der Waals surface area (Å²) in [6.07, 6.45) is -4.50. The van der Waals surface area contributed by atoms with Gasteiger partial charge in [0.05, 0.1) is 18.8 Å². The molecule has 0 spiro atoms. The Balaban J connectivity index is 2.15. The first kappa shape index (κ1) is 24.0. The molecule has 1 fully saturated rings. The maximum Gasteiger partial charge on any atom is 0.401 e. The first-order valence-electron chi connectivity index (χ1n) is 9.51. The van der Waals surface area contributed by atoms with Gasteiger partial charge in [0.1, 0.15) is 18.5 Å². The highest BCUT2D eigenvalue weighted by molar-refractivity contribution is 5.97. The molecular weight excluding hydrogens is 408 g/mol. The van der Waals surface area contributed by atoms with Crippen LogP contribution in [0.5, 0.6) is 0 Å². The second-order valence-corrected chi connectivity index (χ2v) is 7.44. The lowest BCUT2D eigenvalue weighted by Gasteiger charge is -2.32. The first-order chi connectivity index (χ1) is 14.0. The number of carbonyl (C=O) groups is 2. The van der Waals surface area contributed by atoms with E-state index in [1.165, 1.54) is 17.0 Å². The summed E-state index contributed by atoms with van der Waals surface area (Å²) in [6, 6.07) is 2.48. The van der Waals surface area contributed by atoms with E-state index >= 15 is 0 Å². The average molecular weight is 434 g/mol. The van der Waals surface area contributed by atoms with Crippen molar-refractivity contribution in [3.63, 3.8) is 0 Å². The van der Waals surface area contributed by atoms with Crippen LogP contribution in [0.2, 0.25) is 0 Å². The Kier molecular flexibility index (Phi) is 8.16. The quantitative estimate of drug-likeness (QED) is 0.611. The molecule has 0 saturated carbocycles. The number of amides is 2. The molecule has 0 radical (unpaired) electrons.